The zero-order valence-corrected chi connectivity index (χ0v) is 12.3. The molecule has 0 heterocycles. The van der Waals surface area contributed by atoms with Crippen LogP contribution in [0.1, 0.15) is 34.1 Å². The fourth-order valence-electron chi connectivity index (χ4n) is 0.998. The maximum atomic E-state index is 12.5. The largest absolute Gasteiger partial charge is 0.453 e. The Labute approximate surface area is 122 Å². The first-order valence-corrected chi connectivity index (χ1v) is 6.11. The van der Waals surface area contributed by atoms with Gasteiger partial charge in [-0.15, -0.1) is 0 Å². The molecule has 0 aliphatic heterocycles. The number of hydrogen-bond acceptors (Lipinski definition) is 4. The second-order valence-corrected chi connectivity index (χ2v) is 5.32. The molecule has 0 saturated heterocycles. The monoisotopic (exact) mass is 338 g/mol. The van der Waals surface area contributed by atoms with E-state index in [4.69, 9.17) is 0 Å². The quantitative estimate of drug-likeness (QED) is 0.570. The molecule has 0 rings (SSSR count). The van der Waals surface area contributed by atoms with Gasteiger partial charge in [-0.2, -0.15) is 26.3 Å². The first-order chi connectivity index (χ1) is 9.58. The standard InChI is InChI=1S/C12H16F6O4/c1-5-9(2,3)8(20)21-6-7(19)22-10(4,11(13,14)15)12(16,17)18/h5-6H2,1-4H3. The van der Waals surface area contributed by atoms with Crippen molar-refractivity contribution in [1.29, 1.82) is 0 Å². The maximum Gasteiger partial charge on any atom is 0.437 e. The van der Waals surface area contributed by atoms with Crippen LogP contribution in [0, 0.1) is 5.41 Å². The summed E-state index contributed by atoms with van der Waals surface area (Å²) >= 11 is 0. The fraction of sp³-hybridized carbons (Fsp3) is 0.833. The number of alkyl halides is 6. The van der Waals surface area contributed by atoms with Crippen molar-refractivity contribution in [3.8, 4) is 0 Å². The molecule has 22 heavy (non-hydrogen) atoms. The van der Waals surface area contributed by atoms with Crippen LogP contribution in [0.4, 0.5) is 26.3 Å². The minimum absolute atomic E-state index is 0.295. The van der Waals surface area contributed by atoms with E-state index in [1.165, 1.54) is 13.8 Å². The predicted molar refractivity (Wildman–Crippen MR) is 61.6 cm³/mol. The molecule has 0 aliphatic rings. The van der Waals surface area contributed by atoms with Crippen molar-refractivity contribution < 1.29 is 45.4 Å². The summed E-state index contributed by atoms with van der Waals surface area (Å²) in [4.78, 5) is 22.7. The number of hydrogen-bond donors (Lipinski definition) is 0. The third-order valence-corrected chi connectivity index (χ3v) is 3.16. The van der Waals surface area contributed by atoms with Gasteiger partial charge < -0.3 is 9.47 Å². The Morgan fingerprint density at radius 3 is 1.64 bits per heavy atom. The lowest BCUT2D eigenvalue weighted by atomic mass is 9.91. The number of halogens is 6. The van der Waals surface area contributed by atoms with Crippen molar-refractivity contribution in [2.45, 2.75) is 52.1 Å². The van der Waals surface area contributed by atoms with E-state index >= 15 is 0 Å². The summed E-state index contributed by atoms with van der Waals surface area (Å²) in [5, 5.41) is 0. The van der Waals surface area contributed by atoms with Crippen LogP contribution in [0.5, 0.6) is 0 Å². The summed E-state index contributed by atoms with van der Waals surface area (Å²) in [6.07, 6.45) is -11.4. The lowest BCUT2D eigenvalue weighted by Gasteiger charge is -2.33. The van der Waals surface area contributed by atoms with E-state index in [0.717, 1.165) is 0 Å². The van der Waals surface area contributed by atoms with Gasteiger partial charge in [0.2, 0.25) is 0 Å². The molecule has 0 radical (unpaired) electrons. The van der Waals surface area contributed by atoms with E-state index in [1.54, 1.807) is 6.92 Å². The van der Waals surface area contributed by atoms with Crippen LogP contribution >= 0.6 is 0 Å². The van der Waals surface area contributed by atoms with Crippen molar-refractivity contribution in [3.63, 3.8) is 0 Å². The molecule has 0 spiro atoms. The van der Waals surface area contributed by atoms with Crippen LogP contribution in [0.15, 0.2) is 0 Å². The van der Waals surface area contributed by atoms with Crippen LogP contribution < -0.4 is 0 Å². The highest BCUT2D eigenvalue weighted by atomic mass is 19.4. The Hall–Kier alpha value is -1.48. The van der Waals surface area contributed by atoms with Crippen LogP contribution in [0.25, 0.3) is 0 Å². The Kier molecular flexibility index (Phi) is 5.90. The third-order valence-electron chi connectivity index (χ3n) is 3.16. The minimum Gasteiger partial charge on any atom is -0.453 e. The summed E-state index contributed by atoms with van der Waals surface area (Å²) in [6.45, 7) is 2.84. The van der Waals surface area contributed by atoms with Crippen molar-refractivity contribution >= 4 is 11.9 Å². The second kappa shape index (κ2) is 6.33. The molecule has 0 amide bonds. The highest BCUT2D eigenvalue weighted by Gasteiger charge is 2.71. The van der Waals surface area contributed by atoms with Crippen molar-refractivity contribution in [1.82, 2.24) is 0 Å². The maximum absolute atomic E-state index is 12.5. The summed E-state index contributed by atoms with van der Waals surface area (Å²) in [5.41, 5.74) is -5.71. The van der Waals surface area contributed by atoms with Crippen LogP contribution in [0.3, 0.4) is 0 Å². The molecule has 0 aromatic heterocycles. The molecule has 4 nitrogen and oxygen atoms in total. The van der Waals surface area contributed by atoms with E-state index in [0.29, 0.717) is 6.42 Å². The SMILES string of the molecule is CCC(C)(C)C(=O)OCC(=O)OC(C)(C(F)(F)F)C(F)(F)F. The van der Waals surface area contributed by atoms with Gasteiger partial charge in [0, 0.05) is 0 Å². The van der Waals surface area contributed by atoms with E-state index in [1.807, 2.05) is 0 Å². The predicted octanol–water partition coefficient (Wildman–Crippen LogP) is 3.39. The highest BCUT2D eigenvalue weighted by molar-refractivity contribution is 5.80. The molecule has 0 N–H and O–H groups in total. The van der Waals surface area contributed by atoms with Gasteiger partial charge in [0.1, 0.15) is 0 Å². The van der Waals surface area contributed by atoms with Gasteiger partial charge in [-0.3, -0.25) is 4.79 Å². The molecule has 10 heteroatoms. The van der Waals surface area contributed by atoms with Gasteiger partial charge in [-0.05, 0) is 27.2 Å². The zero-order valence-electron chi connectivity index (χ0n) is 12.3. The van der Waals surface area contributed by atoms with E-state index < -0.39 is 41.9 Å². The number of rotatable bonds is 5. The zero-order chi connectivity index (χ0) is 18.0. The lowest BCUT2D eigenvalue weighted by molar-refractivity contribution is -0.363. The second-order valence-electron chi connectivity index (χ2n) is 5.32. The smallest absolute Gasteiger partial charge is 0.437 e. The van der Waals surface area contributed by atoms with Gasteiger partial charge in [0.25, 0.3) is 5.60 Å². The lowest BCUT2D eigenvalue weighted by Crippen LogP contribution is -2.57. The minimum atomic E-state index is -5.87. The van der Waals surface area contributed by atoms with Crippen LogP contribution in [-0.2, 0) is 19.1 Å². The summed E-state index contributed by atoms with van der Waals surface area (Å²) in [5.74, 6) is -2.88. The van der Waals surface area contributed by atoms with Gasteiger partial charge in [0.15, 0.2) is 6.61 Å². The van der Waals surface area contributed by atoms with Gasteiger partial charge in [-0.1, -0.05) is 6.92 Å². The Balaban J connectivity index is 4.94. The molecule has 130 valence electrons. The highest BCUT2D eigenvalue weighted by Crippen LogP contribution is 2.45. The Morgan fingerprint density at radius 1 is 0.909 bits per heavy atom. The normalized spacial score (nSPS) is 13.7. The van der Waals surface area contributed by atoms with Crippen LogP contribution in [-0.4, -0.2) is 36.5 Å². The molecule has 0 saturated carbocycles. The first-order valence-electron chi connectivity index (χ1n) is 6.11. The fourth-order valence-corrected chi connectivity index (χ4v) is 0.998. The summed E-state index contributed by atoms with van der Waals surface area (Å²) in [7, 11) is 0. The first kappa shape index (κ1) is 20.5. The summed E-state index contributed by atoms with van der Waals surface area (Å²) < 4.78 is 82.9. The number of ether oxygens (including phenoxy) is 2. The van der Waals surface area contributed by atoms with Gasteiger partial charge >= 0.3 is 24.3 Å². The number of esters is 2. The molecule has 0 aromatic carbocycles. The number of carbonyl (C=O) groups excluding carboxylic acids is 2. The topological polar surface area (TPSA) is 52.6 Å². The van der Waals surface area contributed by atoms with Gasteiger partial charge in [0.05, 0.1) is 5.41 Å². The molecule has 0 bridgehead atoms. The van der Waals surface area contributed by atoms with Crippen molar-refractivity contribution in [2.75, 3.05) is 6.61 Å². The molecule has 0 unspecified atom stereocenters. The van der Waals surface area contributed by atoms with Gasteiger partial charge in [-0.25, -0.2) is 4.79 Å². The van der Waals surface area contributed by atoms with E-state index in [9.17, 15) is 35.9 Å². The van der Waals surface area contributed by atoms with Crippen molar-refractivity contribution in [2.24, 2.45) is 5.41 Å². The average molecular weight is 338 g/mol. The molecule has 0 aliphatic carbocycles. The Morgan fingerprint density at radius 2 is 1.32 bits per heavy atom. The molecule has 0 atom stereocenters. The number of carbonyl (C=O) groups is 2. The molecule has 0 aromatic rings. The third kappa shape index (κ3) is 4.51. The van der Waals surface area contributed by atoms with Crippen LogP contribution in [0.2, 0.25) is 0 Å². The molecular formula is C12H16F6O4. The average Bonchev–Trinajstić information content (AvgIpc) is 2.32. The molecule has 0 fully saturated rings. The van der Waals surface area contributed by atoms with E-state index in [-0.39, 0.29) is 6.92 Å². The van der Waals surface area contributed by atoms with E-state index in [2.05, 4.69) is 9.47 Å². The Bertz CT molecular complexity index is 410. The molecular weight excluding hydrogens is 322 g/mol. The summed E-state index contributed by atoms with van der Waals surface area (Å²) in [6, 6.07) is 0. The van der Waals surface area contributed by atoms with Crippen molar-refractivity contribution in [3.05, 3.63) is 0 Å².